The van der Waals surface area contributed by atoms with E-state index in [0.29, 0.717) is 6.04 Å². The van der Waals surface area contributed by atoms with Crippen LogP contribution in [0.3, 0.4) is 0 Å². The van der Waals surface area contributed by atoms with Crippen LogP contribution in [0, 0.1) is 0 Å². The Bertz CT molecular complexity index is 485. The Labute approximate surface area is 108 Å². The van der Waals surface area contributed by atoms with Crippen molar-refractivity contribution in [3.63, 3.8) is 0 Å². The maximum atomic E-state index is 4.32. The SMILES string of the molecule is CCCn1ncnc1Cn1ccc(C(C)NC)c1. The lowest BCUT2D eigenvalue weighted by Gasteiger charge is -2.07. The summed E-state index contributed by atoms with van der Waals surface area (Å²) >= 11 is 0. The van der Waals surface area contributed by atoms with Gasteiger partial charge in [0, 0.05) is 25.0 Å². The molecule has 18 heavy (non-hydrogen) atoms. The molecular weight excluding hydrogens is 226 g/mol. The molecule has 0 aliphatic carbocycles. The molecule has 2 aromatic heterocycles. The first-order chi connectivity index (χ1) is 8.74. The predicted octanol–water partition coefficient (Wildman–Crippen LogP) is 1.82. The van der Waals surface area contributed by atoms with Crippen LogP contribution >= 0.6 is 0 Å². The molecule has 2 rings (SSSR count). The van der Waals surface area contributed by atoms with Crippen molar-refractivity contribution in [3.8, 4) is 0 Å². The van der Waals surface area contributed by atoms with Gasteiger partial charge in [-0.3, -0.25) is 0 Å². The van der Waals surface area contributed by atoms with Crippen molar-refractivity contribution in [2.45, 2.75) is 39.4 Å². The van der Waals surface area contributed by atoms with E-state index in [0.717, 1.165) is 25.3 Å². The van der Waals surface area contributed by atoms with Gasteiger partial charge in [0.15, 0.2) is 0 Å². The summed E-state index contributed by atoms with van der Waals surface area (Å²) in [5, 5.41) is 7.48. The minimum Gasteiger partial charge on any atom is -0.346 e. The Morgan fingerprint density at radius 2 is 2.28 bits per heavy atom. The van der Waals surface area contributed by atoms with Crippen LogP contribution < -0.4 is 5.32 Å². The second-order valence-electron chi connectivity index (χ2n) is 4.53. The molecule has 0 saturated carbocycles. The summed E-state index contributed by atoms with van der Waals surface area (Å²) in [5.41, 5.74) is 1.29. The molecule has 2 heterocycles. The largest absolute Gasteiger partial charge is 0.346 e. The van der Waals surface area contributed by atoms with Crippen LogP contribution in [0.2, 0.25) is 0 Å². The van der Waals surface area contributed by atoms with Gasteiger partial charge in [-0.15, -0.1) is 0 Å². The fourth-order valence-electron chi connectivity index (χ4n) is 1.95. The number of rotatable bonds is 6. The van der Waals surface area contributed by atoms with Crippen LogP contribution in [0.4, 0.5) is 0 Å². The number of hydrogen-bond acceptors (Lipinski definition) is 3. The summed E-state index contributed by atoms with van der Waals surface area (Å²) in [7, 11) is 1.97. The first-order valence-corrected chi connectivity index (χ1v) is 6.44. The van der Waals surface area contributed by atoms with Crippen LogP contribution in [-0.4, -0.2) is 26.4 Å². The average molecular weight is 247 g/mol. The van der Waals surface area contributed by atoms with Gasteiger partial charge in [-0.1, -0.05) is 6.92 Å². The second kappa shape index (κ2) is 5.82. The summed E-state index contributed by atoms with van der Waals surface area (Å²) in [4.78, 5) is 4.32. The third-order valence-corrected chi connectivity index (χ3v) is 3.16. The molecule has 0 spiro atoms. The van der Waals surface area contributed by atoms with E-state index in [-0.39, 0.29) is 0 Å². The van der Waals surface area contributed by atoms with Crippen molar-refractivity contribution in [3.05, 3.63) is 36.2 Å². The Morgan fingerprint density at radius 3 is 3.00 bits per heavy atom. The molecule has 0 aliphatic heterocycles. The van der Waals surface area contributed by atoms with E-state index in [9.17, 15) is 0 Å². The van der Waals surface area contributed by atoms with Crippen LogP contribution in [0.25, 0.3) is 0 Å². The van der Waals surface area contributed by atoms with Gasteiger partial charge >= 0.3 is 0 Å². The van der Waals surface area contributed by atoms with Crippen molar-refractivity contribution >= 4 is 0 Å². The quantitative estimate of drug-likeness (QED) is 0.847. The van der Waals surface area contributed by atoms with Crippen molar-refractivity contribution in [1.29, 1.82) is 0 Å². The number of aromatic nitrogens is 4. The van der Waals surface area contributed by atoms with Gasteiger partial charge in [-0.2, -0.15) is 5.10 Å². The molecule has 0 bridgehead atoms. The van der Waals surface area contributed by atoms with Crippen LogP contribution in [0.15, 0.2) is 24.8 Å². The van der Waals surface area contributed by atoms with E-state index >= 15 is 0 Å². The van der Waals surface area contributed by atoms with Gasteiger partial charge in [0.2, 0.25) is 0 Å². The third kappa shape index (κ3) is 2.79. The molecule has 2 aromatic rings. The number of aryl methyl sites for hydroxylation is 1. The Morgan fingerprint density at radius 1 is 1.44 bits per heavy atom. The lowest BCUT2D eigenvalue weighted by molar-refractivity contribution is 0.554. The Balaban J connectivity index is 2.09. The monoisotopic (exact) mass is 247 g/mol. The fourth-order valence-corrected chi connectivity index (χ4v) is 1.95. The Kier molecular flexibility index (Phi) is 4.15. The van der Waals surface area contributed by atoms with E-state index in [1.54, 1.807) is 6.33 Å². The molecular formula is C13H21N5. The molecule has 5 nitrogen and oxygen atoms in total. The number of hydrogen-bond donors (Lipinski definition) is 1. The molecule has 98 valence electrons. The van der Waals surface area contributed by atoms with E-state index < -0.39 is 0 Å². The number of nitrogens with zero attached hydrogens (tertiary/aromatic N) is 4. The maximum Gasteiger partial charge on any atom is 0.146 e. The predicted molar refractivity (Wildman–Crippen MR) is 71.3 cm³/mol. The lowest BCUT2D eigenvalue weighted by Crippen LogP contribution is -2.12. The van der Waals surface area contributed by atoms with Gasteiger partial charge in [0.25, 0.3) is 0 Å². The third-order valence-electron chi connectivity index (χ3n) is 3.16. The smallest absolute Gasteiger partial charge is 0.146 e. The molecule has 0 radical (unpaired) electrons. The zero-order valence-electron chi connectivity index (χ0n) is 11.3. The average Bonchev–Trinajstić information content (AvgIpc) is 3.00. The lowest BCUT2D eigenvalue weighted by atomic mass is 10.2. The van der Waals surface area contributed by atoms with Gasteiger partial charge in [0.1, 0.15) is 12.2 Å². The zero-order chi connectivity index (χ0) is 13.0. The summed E-state index contributed by atoms with van der Waals surface area (Å²) in [6.45, 7) is 6.00. The molecule has 0 saturated heterocycles. The van der Waals surface area contributed by atoms with Crippen LogP contribution in [0.1, 0.15) is 37.7 Å². The summed E-state index contributed by atoms with van der Waals surface area (Å²) in [5.74, 6) is 1.01. The topological polar surface area (TPSA) is 47.7 Å². The molecule has 1 unspecified atom stereocenters. The summed E-state index contributed by atoms with van der Waals surface area (Å²) < 4.78 is 4.13. The first kappa shape index (κ1) is 12.8. The van der Waals surface area contributed by atoms with Crippen LogP contribution in [0.5, 0.6) is 0 Å². The highest BCUT2D eigenvalue weighted by Gasteiger charge is 2.07. The maximum absolute atomic E-state index is 4.32. The highest BCUT2D eigenvalue weighted by Crippen LogP contribution is 2.12. The molecule has 0 aliphatic rings. The van der Waals surface area contributed by atoms with Crippen LogP contribution in [-0.2, 0) is 13.1 Å². The summed E-state index contributed by atoms with van der Waals surface area (Å²) in [6, 6.07) is 2.52. The minimum atomic E-state index is 0.375. The summed E-state index contributed by atoms with van der Waals surface area (Å²) in [6.07, 6.45) is 6.95. The van der Waals surface area contributed by atoms with E-state index in [1.807, 2.05) is 11.7 Å². The molecule has 0 fully saturated rings. The van der Waals surface area contributed by atoms with Crippen molar-refractivity contribution in [1.82, 2.24) is 24.6 Å². The molecule has 1 atom stereocenters. The Hall–Kier alpha value is -1.62. The standard InChI is InChI=1S/C13H21N5/c1-4-6-18-13(15-10-16-18)9-17-7-5-12(8-17)11(2)14-3/h5,7-8,10-11,14H,4,6,9H2,1-3H3. The van der Waals surface area contributed by atoms with Gasteiger partial charge in [0.05, 0.1) is 6.54 Å². The van der Waals surface area contributed by atoms with Crippen molar-refractivity contribution in [2.75, 3.05) is 7.05 Å². The number of nitrogens with one attached hydrogen (secondary N) is 1. The second-order valence-corrected chi connectivity index (χ2v) is 4.53. The highest BCUT2D eigenvalue weighted by molar-refractivity contribution is 5.15. The van der Waals surface area contributed by atoms with Gasteiger partial charge in [-0.25, -0.2) is 9.67 Å². The fraction of sp³-hybridized carbons (Fsp3) is 0.538. The van der Waals surface area contributed by atoms with E-state index in [1.165, 1.54) is 5.56 Å². The zero-order valence-corrected chi connectivity index (χ0v) is 11.3. The van der Waals surface area contributed by atoms with E-state index in [4.69, 9.17) is 0 Å². The highest BCUT2D eigenvalue weighted by atomic mass is 15.3. The van der Waals surface area contributed by atoms with Gasteiger partial charge < -0.3 is 9.88 Å². The minimum absolute atomic E-state index is 0.375. The molecule has 0 aromatic carbocycles. The molecule has 1 N–H and O–H groups in total. The van der Waals surface area contributed by atoms with Crippen molar-refractivity contribution in [2.24, 2.45) is 0 Å². The first-order valence-electron chi connectivity index (χ1n) is 6.44. The molecule has 5 heteroatoms. The van der Waals surface area contributed by atoms with Crippen molar-refractivity contribution < 1.29 is 0 Å². The van der Waals surface area contributed by atoms with Gasteiger partial charge in [-0.05, 0) is 32.0 Å². The normalized spacial score (nSPS) is 12.8. The van der Waals surface area contributed by atoms with E-state index in [2.05, 4.69) is 52.3 Å². The molecule has 0 amide bonds.